The Labute approximate surface area is 111 Å². The van der Waals surface area contributed by atoms with Crippen LogP contribution in [0.2, 0.25) is 0 Å². The Morgan fingerprint density at radius 3 is 2.84 bits per heavy atom. The van der Waals surface area contributed by atoms with Gasteiger partial charge in [-0.15, -0.1) is 0 Å². The highest BCUT2D eigenvalue weighted by Gasteiger charge is 2.37. The molecule has 5 heteroatoms. The van der Waals surface area contributed by atoms with Crippen LogP contribution in [0, 0.1) is 12.3 Å². The van der Waals surface area contributed by atoms with Crippen molar-refractivity contribution in [3.05, 3.63) is 23.1 Å². The topological polar surface area (TPSA) is 72.6 Å². The molecule has 1 aliphatic heterocycles. The molecule has 1 spiro atoms. The Morgan fingerprint density at radius 2 is 2.32 bits per heavy atom. The molecule has 1 aromatic rings. The average molecular weight is 263 g/mol. The molecule has 0 saturated carbocycles. The van der Waals surface area contributed by atoms with E-state index in [1.54, 1.807) is 6.92 Å². The van der Waals surface area contributed by atoms with Crippen molar-refractivity contribution in [3.8, 4) is 0 Å². The third-order valence-corrected chi connectivity index (χ3v) is 4.31. The second-order valence-corrected chi connectivity index (χ2v) is 5.53. The summed E-state index contributed by atoms with van der Waals surface area (Å²) in [6.07, 6.45) is 6.23. The van der Waals surface area contributed by atoms with E-state index in [-0.39, 0.29) is 5.69 Å². The van der Waals surface area contributed by atoms with Gasteiger partial charge < -0.3 is 14.4 Å². The van der Waals surface area contributed by atoms with Gasteiger partial charge in [-0.3, -0.25) is 0 Å². The lowest BCUT2D eigenvalue weighted by atomic mass is 9.74. The number of carboxylic acid groups (broad SMARTS) is 1. The van der Waals surface area contributed by atoms with Crippen molar-refractivity contribution in [1.82, 2.24) is 5.16 Å². The summed E-state index contributed by atoms with van der Waals surface area (Å²) in [6, 6.07) is 0. The fourth-order valence-electron chi connectivity index (χ4n) is 2.99. The number of aromatic carboxylic acids is 1. The van der Waals surface area contributed by atoms with Crippen LogP contribution in [-0.2, 0) is 4.74 Å². The molecule has 0 amide bonds. The van der Waals surface area contributed by atoms with E-state index < -0.39 is 5.97 Å². The second-order valence-electron chi connectivity index (χ2n) is 5.53. The highest BCUT2D eigenvalue weighted by Crippen LogP contribution is 2.44. The van der Waals surface area contributed by atoms with Crippen LogP contribution in [0.3, 0.4) is 0 Å². The van der Waals surface area contributed by atoms with Crippen LogP contribution in [0.4, 0.5) is 0 Å². The summed E-state index contributed by atoms with van der Waals surface area (Å²) in [6.45, 7) is 3.44. The van der Waals surface area contributed by atoms with Crippen molar-refractivity contribution in [2.24, 2.45) is 5.41 Å². The molecule has 0 unspecified atom stereocenters. The molecule has 1 saturated heterocycles. The van der Waals surface area contributed by atoms with Gasteiger partial charge in [0.2, 0.25) is 0 Å². The van der Waals surface area contributed by atoms with Crippen LogP contribution in [0.1, 0.15) is 47.5 Å². The standard InChI is InChI=1S/C14H17NO4/c1-9-11(13(16)17)15-19-12(9)10-2-4-14(5-3-10)6-7-18-8-14/h2H,3-8H2,1H3,(H,16,17)/t14-/m1/s1. The van der Waals surface area contributed by atoms with Crippen LogP contribution in [0.5, 0.6) is 0 Å². The number of rotatable bonds is 2. The van der Waals surface area contributed by atoms with Gasteiger partial charge in [-0.05, 0) is 43.6 Å². The van der Waals surface area contributed by atoms with Gasteiger partial charge in [-0.1, -0.05) is 11.2 Å². The van der Waals surface area contributed by atoms with E-state index in [1.807, 2.05) is 0 Å². The minimum Gasteiger partial charge on any atom is -0.476 e. The third kappa shape index (κ3) is 2.08. The highest BCUT2D eigenvalue weighted by atomic mass is 16.5. The Balaban J connectivity index is 1.84. The first-order valence-electron chi connectivity index (χ1n) is 6.58. The first kappa shape index (κ1) is 12.4. The maximum Gasteiger partial charge on any atom is 0.358 e. The number of ether oxygens (including phenoxy) is 1. The molecule has 1 atom stereocenters. The average Bonchev–Trinajstić information content (AvgIpc) is 2.98. The van der Waals surface area contributed by atoms with E-state index in [2.05, 4.69) is 11.2 Å². The third-order valence-electron chi connectivity index (χ3n) is 4.31. The van der Waals surface area contributed by atoms with Crippen molar-refractivity contribution in [1.29, 1.82) is 0 Å². The van der Waals surface area contributed by atoms with Gasteiger partial charge in [0, 0.05) is 12.2 Å². The van der Waals surface area contributed by atoms with Crippen molar-refractivity contribution in [3.63, 3.8) is 0 Å². The molecule has 2 aliphatic rings. The number of hydrogen-bond acceptors (Lipinski definition) is 4. The maximum absolute atomic E-state index is 11.0. The SMILES string of the molecule is Cc1c(C(=O)O)noc1C1=CC[C@]2(CCOC2)CC1. The second kappa shape index (κ2) is 4.49. The lowest BCUT2D eigenvalue weighted by Crippen LogP contribution is -2.23. The molecule has 0 aromatic carbocycles. The zero-order chi connectivity index (χ0) is 13.5. The summed E-state index contributed by atoms with van der Waals surface area (Å²) < 4.78 is 10.7. The Bertz CT molecular complexity index is 538. The lowest BCUT2D eigenvalue weighted by Gasteiger charge is -2.30. The summed E-state index contributed by atoms with van der Waals surface area (Å²) in [5, 5.41) is 12.6. The summed E-state index contributed by atoms with van der Waals surface area (Å²) in [4.78, 5) is 11.0. The first-order valence-corrected chi connectivity index (χ1v) is 6.58. The Morgan fingerprint density at radius 1 is 1.47 bits per heavy atom. The van der Waals surface area contributed by atoms with Crippen LogP contribution in [0.25, 0.3) is 5.57 Å². The van der Waals surface area contributed by atoms with E-state index in [0.29, 0.717) is 16.7 Å². The van der Waals surface area contributed by atoms with Crippen LogP contribution >= 0.6 is 0 Å². The molecule has 0 bridgehead atoms. The summed E-state index contributed by atoms with van der Waals surface area (Å²) in [7, 11) is 0. The van der Waals surface area contributed by atoms with Gasteiger partial charge >= 0.3 is 5.97 Å². The van der Waals surface area contributed by atoms with Gasteiger partial charge in [0.05, 0.1) is 6.61 Å². The van der Waals surface area contributed by atoms with E-state index >= 15 is 0 Å². The molecular formula is C14H17NO4. The van der Waals surface area contributed by atoms with E-state index in [4.69, 9.17) is 14.4 Å². The lowest BCUT2D eigenvalue weighted by molar-refractivity contribution is 0.0685. The molecule has 102 valence electrons. The number of allylic oxidation sites excluding steroid dienone is 2. The van der Waals surface area contributed by atoms with Gasteiger partial charge in [-0.2, -0.15) is 0 Å². The first-order chi connectivity index (χ1) is 9.11. The predicted molar refractivity (Wildman–Crippen MR) is 67.9 cm³/mol. The number of carboxylic acids is 1. The Hall–Kier alpha value is -1.62. The zero-order valence-electron chi connectivity index (χ0n) is 10.9. The van der Waals surface area contributed by atoms with Crippen molar-refractivity contribution >= 4 is 11.5 Å². The molecule has 3 rings (SSSR count). The molecule has 5 nitrogen and oxygen atoms in total. The monoisotopic (exact) mass is 263 g/mol. The van der Waals surface area contributed by atoms with Crippen molar-refractivity contribution in [2.75, 3.05) is 13.2 Å². The fourth-order valence-corrected chi connectivity index (χ4v) is 2.99. The fraction of sp³-hybridized carbons (Fsp3) is 0.571. The minimum atomic E-state index is -1.04. The zero-order valence-corrected chi connectivity index (χ0v) is 10.9. The maximum atomic E-state index is 11.0. The van der Waals surface area contributed by atoms with Gasteiger partial charge in [0.15, 0.2) is 11.5 Å². The van der Waals surface area contributed by atoms with E-state index in [9.17, 15) is 4.79 Å². The molecule has 1 N–H and O–H groups in total. The minimum absolute atomic E-state index is 0.0142. The molecule has 1 aromatic heterocycles. The molecule has 0 radical (unpaired) electrons. The summed E-state index contributed by atoms with van der Waals surface area (Å²) in [5.41, 5.74) is 2.01. The van der Waals surface area contributed by atoms with Crippen molar-refractivity contribution in [2.45, 2.75) is 32.6 Å². The Kier molecular flexibility index (Phi) is 2.93. The van der Waals surface area contributed by atoms with Crippen LogP contribution in [0.15, 0.2) is 10.6 Å². The molecule has 1 aliphatic carbocycles. The largest absolute Gasteiger partial charge is 0.476 e. The molecule has 19 heavy (non-hydrogen) atoms. The number of carbonyl (C=O) groups is 1. The summed E-state index contributed by atoms with van der Waals surface area (Å²) in [5.74, 6) is -0.407. The molecule has 2 heterocycles. The number of hydrogen-bond donors (Lipinski definition) is 1. The smallest absolute Gasteiger partial charge is 0.358 e. The highest BCUT2D eigenvalue weighted by molar-refractivity contribution is 5.88. The van der Waals surface area contributed by atoms with Crippen LogP contribution < -0.4 is 0 Å². The van der Waals surface area contributed by atoms with Crippen molar-refractivity contribution < 1.29 is 19.2 Å². The van der Waals surface area contributed by atoms with Gasteiger partial charge in [-0.25, -0.2) is 4.79 Å². The normalized spacial score (nSPS) is 26.7. The molecule has 1 fully saturated rings. The predicted octanol–water partition coefficient (Wildman–Crippen LogP) is 2.66. The molecular weight excluding hydrogens is 246 g/mol. The van der Waals surface area contributed by atoms with E-state index in [1.165, 1.54) is 0 Å². The van der Waals surface area contributed by atoms with Crippen LogP contribution in [-0.4, -0.2) is 29.4 Å². The quantitative estimate of drug-likeness (QED) is 0.888. The summed E-state index contributed by atoms with van der Waals surface area (Å²) >= 11 is 0. The van der Waals surface area contributed by atoms with Gasteiger partial charge in [0.1, 0.15) is 0 Å². The van der Waals surface area contributed by atoms with Gasteiger partial charge in [0.25, 0.3) is 0 Å². The van der Waals surface area contributed by atoms with E-state index in [0.717, 1.165) is 44.5 Å². The number of aromatic nitrogens is 1. The number of nitrogens with zero attached hydrogens (tertiary/aromatic N) is 1.